The fourth-order valence-electron chi connectivity index (χ4n) is 1.74. The predicted octanol–water partition coefficient (Wildman–Crippen LogP) is 1.77. The molecular formula is C11H13N7S. The summed E-state index contributed by atoms with van der Waals surface area (Å²) >= 11 is 1.63. The minimum absolute atomic E-state index is 0.556. The van der Waals surface area contributed by atoms with Crippen molar-refractivity contribution in [3.05, 3.63) is 22.3 Å². The summed E-state index contributed by atoms with van der Waals surface area (Å²) in [4.78, 5) is 14.1. The molecule has 0 fully saturated rings. The summed E-state index contributed by atoms with van der Waals surface area (Å²) in [7, 11) is 1.79. The van der Waals surface area contributed by atoms with Crippen LogP contribution in [0.4, 0.5) is 11.8 Å². The van der Waals surface area contributed by atoms with Crippen LogP contribution in [-0.4, -0.2) is 32.2 Å². The second kappa shape index (κ2) is 4.81. The predicted molar refractivity (Wildman–Crippen MR) is 75.4 cm³/mol. The van der Waals surface area contributed by atoms with Crippen LogP contribution < -0.4 is 10.6 Å². The van der Waals surface area contributed by atoms with Gasteiger partial charge >= 0.3 is 0 Å². The Labute approximate surface area is 113 Å². The van der Waals surface area contributed by atoms with Crippen molar-refractivity contribution in [3.63, 3.8) is 0 Å². The number of aromatic amines is 1. The van der Waals surface area contributed by atoms with E-state index < -0.39 is 0 Å². The molecule has 0 aliphatic rings. The van der Waals surface area contributed by atoms with E-state index in [4.69, 9.17) is 0 Å². The Hall–Kier alpha value is -2.22. The largest absolute Gasteiger partial charge is 0.364 e. The summed E-state index contributed by atoms with van der Waals surface area (Å²) in [5.74, 6) is 1.32. The molecule has 0 amide bonds. The standard InChI is InChI=1S/C11H13N7S/c1-6-8(19-5-14-6)4-13-9-7-3-15-18-10(7)17-11(12-2)16-9/h3,5H,4H2,1-2H3,(H3,12,13,15,16,17,18). The van der Waals surface area contributed by atoms with Crippen molar-refractivity contribution < 1.29 is 0 Å². The van der Waals surface area contributed by atoms with Crippen LogP contribution in [0.2, 0.25) is 0 Å². The van der Waals surface area contributed by atoms with Gasteiger partial charge < -0.3 is 10.6 Å². The highest BCUT2D eigenvalue weighted by Gasteiger charge is 2.09. The maximum Gasteiger partial charge on any atom is 0.226 e. The van der Waals surface area contributed by atoms with E-state index in [0.717, 1.165) is 16.9 Å². The highest BCUT2D eigenvalue weighted by atomic mass is 32.1. The molecule has 3 aromatic heterocycles. The smallest absolute Gasteiger partial charge is 0.226 e. The third-order valence-corrected chi connectivity index (χ3v) is 3.73. The van der Waals surface area contributed by atoms with Gasteiger partial charge in [0.1, 0.15) is 5.82 Å². The molecule has 3 heterocycles. The number of nitrogens with zero attached hydrogens (tertiary/aromatic N) is 4. The van der Waals surface area contributed by atoms with E-state index in [1.807, 2.05) is 12.4 Å². The number of aryl methyl sites for hydroxylation is 1. The van der Waals surface area contributed by atoms with Gasteiger partial charge in [0.25, 0.3) is 0 Å². The van der Waals surface area contributed by atoms with Crippen LogP contribution in [0.15, 0.2) is 11.7 Å². The van der Waals surface area contributed by atoms with Crippen LogP contribution in [0, 0.1) is 6.92 Å². The van der Waals surface area contributed by atoms with Gasteiger partial charge in [-0.2, -0.15) is 15.1 Å². The van der Waals surface area contributed by atoms with Gasteiger partial charge in [0.05, 0.1) is 29.3 Å². The van der Waals surface area contributed by atoms with Gasteiger partial charge in [-0.1, -0.05) is 0 Å². The molecule has 3 rings (SSSR count). The molecule has 7 nitrogen and oxygen atoms in total. The Balaban J connectivity index is 1.91. The maximum atomic E-state index is 4.41. The maximum absolute atomic E-state index is 4.41. The molecule has 8 heteroatoms. The lowest BCUT2D eigenvalue weighted by molar-refractivity contribution is 1.07. The molecule has 0 aliphatic carbocycles. The van der Waals surface area contributed by atoms with Crippen LogP contribution >= 0.6 is 11.3 Å². The van der Waals surface area contributed by atoms with Crippen LogP contribution in [0.1, 0.15) is 10.6 Å². The molecule has 0 radical (unpaired) electrons. The molecule has 3 N–H and O–H groups in total. The Kier molecular flexibility index (Phi) is 3.00. The second-order valence-electron chi connectivity index (χ2n) is 3.99. The fraction of sp³-hybridized carbons (Fsp3) is 0.273. The highest BCUT2D eigenvalue weighted by Crippen LogP contribution is 2.21. The summed E-state index contributed by atoms with van der Waals surface area (Å²) in [6, 6.07) is 0. The third kappa shape index (κ3) is 2.22. The molecular weight excluding hydrogens is 262 g/mol. The molecule has 98 valence electrons. The van der Waals surface area contributed by atoms with E-state index in [0.29, 0.717) is 18.1 Å². The monoisotopic (exact) mass is 275 g/mol. The molecule has 19 heavy (non-hydrogen) atoms. The van der Waals surface area contributed by atoms with Crippen molar-refractivity contribution in [2.45, 2.75) is 13.5 Å². The number of aromatic nitrogens is 5. The number of rotatable bonds is 4. The average Bonchev–Trinajstić information content (AvgIpc) is 3.04. The van der Waals surface area contributed by atoms with Crippen molar-refractivity contribution >= 4 is 34.1 Å². The third-order valence-electron chi connectivity index (χ3n) is 2.79. The zero-order valence-corrected chi connectivity index (χ0v) is 11.4. The van der Waals surface area contributed by atoms with E-state index >= 15 is 0 Å². The lowest BCUT2D eigenvalue weighted by atomic mass is 10.3. The quantitative estimate of drug-likeness (QED) is 0.672. The Morgan fingerprint density at radius 2 is 2.26 bits per heavy atom. The van der Waals surface area contributed by atoms with Gasteiger partial charge in [0, 0.05) is 11.9 Å². The lowest BCUT2D eigenvalue weighted by Crippen LogP contribution is -2.05. The van der Waals surface area contributed by atoms with Crippen LogP contribution in [0.3, 0.4) is 0 Å². The van der Waals surface area contributed by atoms with Crippen LogP contribution in [0.5, 0.6) is 0 Å². The highest BCUT2D eigenvalue weighted by molar-refractivity contribution is 7.09. The van der Waals surface area contributed by atoms with Gasteiger partial charge in [-0.3, -0.25) is 5.10 Å². The van der Waals surface area contributed by atoms with E-state index in [9.17, 15) is 0 Å². The molecule has 0 unspecified atom stereocenters. The molecule has 0 spiro atoms. The van der Waals surface area contributed by atoms with Gasteiger partial charge in [0.2, 0.25) is 5.95 Å². The zero-order chi connectivity index (χ0) is 13.2. The number of hydrogen-bond donors (Lipinski definition) is 3. The zero-order valence-electron chi connectivity index (χ0n) is 10.6. The Bertz CT molecular complexity index is 702. The van der Waals surface area contributed by atoms with E-state index in [1.54, 1.807) is 24.6 Å². The number of H-pyrrole nitrogens is 1. The summed E-state index contributed by atoms with van der Waals surface area (Å²) in [5.41, 5.74) is 3.60. The normalized spacial score (nSPS) is 10.8. The lowest BCUT2D eigenvalue weighted by Gasteiger charge is -2.07. The van der Waals surface area contributed by atoms with Crippen LogP contribution in [-0.2, 0) is 6.54 Å². The Morgan fingerprint density at radius 1 is 1.37 bits per heavy atom. The SMILES string of the molecule is CNc1nc(NCc2scnc2C)c2cn[nH]c2n1. The number of nitrogens with one attached hydrogen (secondary N) is 3. The van der Waals surface area contributed by atoms with Gasteiger partial charge in [-0.05, 0) is 6.92 Å². The molecule has 0 bridgehead atoms. The molecule has 0 saturated carbocycles. The summed E-state index contributed by atoms with van der Waals surface area (Å²) < 4.78 is 0. The topological polar surface area (TPSA) is 91.4 Å². The molecule has 0 aliphatic heterocycles. The van der Waals surface area contributed by atoms with Crippen molar-refractivity contribution in [1.29, 1.82) is 0 Å². The van der Waals surface area contributed by atoms with Crippen molar-refractivity contribution in [2.75, 3.05) is 17.7 Å². The number of hydrogen-bond acceptors (Lipinski definition) is 7. The summed E-state index contributed by atoms with van der Waals surface area (Å²) in [6.07, 6.45) is 1.72. The van der Waals surface area contributed by atoms with Gasteiger partial charge in [-0.15, -0.1) is 11.3 Å². The molecule has 0 aromatic carbocycles. The van der Waals surface area contributed by atoms with Gasteiger partial charge in [0.15, 0.2) is 5.65 Å². The number of anilines is 2. The van der Waals surface area contributed by atoms with Crippen molar-refractivity contribution in [2.24, 2.45) is 0 Å². The summed E-state index contributed by atoms with van der Waals surface area (Å²) in [5, 5.41) is 14.0. The van der Waals surface area contributed by atoms with Crippen molar-refractivity contribution in [1.82, 2.24) is 25.1 Å². The number of thiazole rings is 1. The minimum atomic E-state index is 0.556. The first-order valence-electron chi connectivity index (χ1n) is 5.79. The first-order valence-corrected chi connectivity index (χ1v) is 6.67. The van der Waals surface area contributed by atoms with Crippen LogP contribution in [0.25, 0.3) is 11.0 Å². The Morgan fingerprint density at radius 3 is 3.00 bits per heavy atom. The fourth-order valence-corrected chi connectivity index (χ4v) is 2.46. The van der Waals surface area contributed by atoms with E-state index in [1.165, 1.54) is 4.88 Å². The second-order valence-corrected chi connectivity index (χ2v) is 4.93. The number of fused-ring (bicyclic) bond motifs is 1. The first-order chi connectivity index (χ1) is 9.28. The van der Waals surface area contributed by atoms with E-state index in [2.05, 4.69) is 35.8 Å². The molecule has 0 saturated heterocycles. The van der Waals surface area contributed by atoms with Gasteiger partial charge in [-0.25, -0.2) is 4.98 Å². The molecule has 0 atom stereocenters. The average molecular weight is 275 g/mol. The first kappa shape index (κ1) is 11.8. The van der Waals surface area contributed by atoms with E-state index in [-0.39, 0.29) is 0 Å². The molecule has 3 aromatic rings. The minimum Gasteiger partial charge on any atom is -0.364 e. The van der Waals surface area contributed by atoms with Crippen molar-refractivity contribution in [3.8, 4) is 0 Å². The summed E-state index contributed by atoms with van der Waals surface area (Å²) in [6.45, 7) is 2.69.